The molecule has 0 atom stereocenters. The number of barbiturate groups is 1. The van der Waals surface area contributed by atoms with Gasteiger partial charge < -0.3 is 9.80 Å². The lowest BCUT2D eigenvalue weighted by atomic mass is 10.1. The molecule has 7 heteroatoms. The van der Waals surface area contributed by atoms with Crippen molar-refractivity contribution in [2.75, 3.05) is 19.6 Å². The Morgan fingerprint density at radius 1 is 0.410 bits per heavy atom. The molecule has 1 fully saturated rings. The lowest BCUT2D eigenvalue weighted by Crippen LogP contribution is -2.55. The Kier molecular flexibility index (Phi) is 5.44. The van der Waals surface area contributed by atoms with Crippen LogP contribution in [0.1, 0.15) is 28.7 Å². The third-order valence-electron chi connectivity index (χ3n) is 7.81. The lowest BCUT2D eigenvalue weighted by Gasteiger charge is -2.33. The van der Waals surface area contributed by atoms with Crippen molar-refractivity contribution < 1.29 is 14.4 Å². The van der Waals surface area contributed by atoms with Crippen molar-refractivity contribution in [3.05, 3.63) is 119 Å². The summed E-state index contributed by atoms with van der Waals surface area (Å²) in [6, 6.07) is 30.9. The van der Waals surface area contributed by atoms with Crippen LogP contribution in [0.15, 0.2) is 97.1 Å². The van der Waals surface area contributed by atoms with Crippen LogP contribution in [0.5, 0.6) is 0 Å². The number of hydrogen-bond donors (Lipinski definition) is 0. The first-order valence-corrected chi connectivity index (χ1v) is 13.1. The third kappa shape index (κ3) is 4.03. The van der Waals surface area contributed by atoms with E-state index in [1.807, 2.05) is 48.5 Å². The van der Waals surface area contributed by atoms with Crippen LogP contribution in [-0.4, -0.2) is 17.8 Å². The number of rotatable bonds is 4. The highest BCUT2D eigenvalue weighted by molar-refractivity contribution is 6.35. The minimum Gasteiger partial charge on any atom is -0.363 e. The zero-order chi connectivity index (χ0) is 26.5. The SMILES string of the molecule is O=C1CC(=O)N(c2ccc(N3Cc4ccccc4C3)cc2)C(=O)N1c1ccc(N2Cc3ccccc3C2)cc1. The molecule has 0 bridgehead atoms. The molecular weight excluding hydrogens is 488 g/mol. The van der Waals surface area contributed by atoms with Gasteiger partial charge in [0.05, 0.1) is 11.4 Å². The Morgan fingerprint density at radius 3 is 1.05 bits per heavy atom. The van der Waals surface area contributed by atoms with Crippen molar-refractivity contribution in [1.82, 2.24) is 0 Å². The van der Waals surface area contributed by atoms with Gasteiger partial charge in [0.2, 0.25) is 11.8 Å². The van der Waals surface area contributed by atoms with E-state index in [1.54, 1.807) is 24.3 Å². The van der Waals surface area contributed by atoms with Crippen LogP contribution in [0.2, 0.25) is 0 Å². The van der Waals surface area contributed by atoms with E-state index in [2.05, 4.69) is 34.1 Å². The van der Waals surface area contributed by atoms with Crippen LogP contribution in [0, 0.1) is 0 Å². The molecule has 0 spiro atoms. The topological polar surface area (TPSA) is 64.2 Å². The summed E-state index contributed by atoms with van der Waals surface area (Å²) in [5, 5.41) is 0. The van der Waals surface area contributed by atoms with Gasteiger partial charge in [-0.25, -0.2) is 14.6 Å². The van der Waals surface area contributed by atoms with Crippen LogP contribution in [-0.2, 0) is 35.8 Å². The second-order valence-electron chi connectivity index (χ2n) is 10.2. The van der Waals surface area contributed by atoms with E-state index in [9.17, 15) is 14.4 Å². The van der Waals surface area contributed by atoms with Gasteiger partial charge in [-0.05, 0) is 70.8 Å². The van der Waals surface area contributed by atoms with Gasteiger partial charge in [0.1, 0.15) is 6.42 Å². The monoisotopic (exact) mass is 514 g/mol. The Hall–Kier alpha value is -4.91. The van der Waals surface area contributed by atoms with E-state index in [0.29, 0.717) is 11.4 Å². The predicted molar refractivity (Wildman–Crippen MR) is 151 cm³/mol. The number of benzene rings is 4. The van der Waals surface area contributed by atoms with E-state index in [4.69, 9.17) is 0 Å². The summed E-state index contributed by atoms with van der Waals surface area (Å²) >= 11 is 0. The third-order valence-corrected chi connectivity index (χ3v) is 7.81. The van der Waals surface area contributed by atoms with Gasteiger partial charge in [-0.1, -0.05) is 48.5 Å². The van der Waals surface area contributed by atoms with E-state index < -0.39 is 17.8 Å². The molecule has 39 heavy (non-hydrogen) atoms. The molecule has 3 aliphatic heterocycles. The van der Waals surface area contributed by atoms with Gasteiger partial charge in [-0.2, -0.15) is 0 Å². The number of nitrogens with zero attached hydrogens (tertiary/aromatic N) is 4. The normalized spacial score (nSPS) is 16.7. The van der Waals surface area contributed by atoms with Crippen molar-refractivity contribution in [2.45, 2.75) is 32.6 Å². The molecule has 4 aromatic carbocycles. The fourth-order valence-corrected chi connectivity index (χ4v) is 5.77. The van der Waals surface area contributed by atoms with Crippen molar-refractivity contribution in [3.8, 4) is 0 Å². The largest absolute Gasteiger partial charge is 0.363 e. The second-order valence-corrected chi connectivity index (χ2v) is 10.2. The van der Waals surface area contributed by atoms with Gasteiger partial charge >= 0.3 is 6.03 Å². The predicted octanol–water partition coefficient (Wildman–Crippen LogP) is 5.62. The molecule has 0 aromatic heterocycles. The van der Waals surface area contributed by atoms with E-state index in [1.165, 1.54) is 22.3 Å². The van der Waals surface area contributed by atoms with Gasteiger partial charge in [-0.3, -0.25) is 9.59 Å². The second kappa shape index (κ2) is 9.13. The van der Waals surface area contributed by atoms with Gasteiger partial charge in [0.25, 0.3) is 0 Å². The van der Waals surface area contributed by atoms with Crippen molar-refractivity contribution >= 4 is 40.6 Å². The minimum absolute atomic E-state index is 0.363. The summed E-state index contributed by atoms with van der Waals surface area (Å²) in [6.45, 7) is 3.27. The first kappa shape index (κ1) is 23.2. The molecule has 1 saturated heterocycles. The molecule has 3 heterocycles. The van der Waals surface area contributed by atoms with E-state index in [-0.39, 0.29) is 6.42 Å². The Balaban J connectivity index is 1.09. The summed E-state index contributed by atoms with van der Waals surface area (Å²) in [5.41, 5.74) is 8.15. The smallest absolute Gasteiger partial charge is 0.342 e. The number of urea groups is 1. The highest BCUT2D eigenvalue weighted by Crippen LogP contribution is 2.33. The quantitative estimate of drug-likeness (QED) is 0.331. The van der Waals surface area contributed by atoms with Crippen LogP contribution in [0.4, 0.5) is 27.5 Å². The fourth-order valence-electron chi connectivity index (χ4n) is 5.77. The molecule has 7 rings (SSSR count). The average Bonchev–Trinajstić information content (AvgIpc) is 3.58. The number of fused-ring (bicyclic) bond motifs is 2. The fraction of sp³-hybridized carbons (Fsp3) is 0.156. The van der Waals surface area contributed by atoms with Gasteiger partial charge in [0, 0.05) is 37.6 Å². The molecule has 0 saturated carbocycles. The van der Waals surface area contributed by atoms with Crippen LogP contribution in [0.3, 0.4) is 0 Å². The maximum Gasteiger partial charge on any atom is 0.342 e. The zero-order valence-electron chi connectivity index (χ0n) is 21.3. The van der Waals surface area contributed by atoms with Crippen molar-refractivity contribution in [1.29, 1.82) is 0 Å². The molecule has 3 aliphatic rings. The summed E-state index contributed by atoms with van der Waals surface area (Å²) in [5.74, 6) is -1.04. The maximum atomic E-state index is 13.5. The molecule has 0 unspecified atom stereocenters. The van der Waals surface area contributed by atoms with E-state index >= 15 is 0 Å². The van der Waals surface area contributed by atoms with Crippen LogP contribution >= 0.6 is 0 Å². The van der Waals surface area contributed by atoms with Gasteiger partial charge in [0.15, 0.2) is 0 Å². The zero-order valence-corrected chi connectivity index (χ0v) is 21.3. The Morgan fingerprint density at radius 2 is 0.718 bits per heavy atom. The lowest BCUT2D eigenvalue weighted by molar-refractivity contribution is -0.126. The molecule has 7 nitrogen and oxygen atoms in total. The first-order chi connectivity index (χ1) is 19.0. The Bertz CT molecular complexity index is 1440. The number of imide groups is 2. The number of carbonyl (C=O) groups excluding carboxylic acids is 3. The highest BCUT2D eigenvalue weighted by atomic mass is 16.2. The standard InChI is InChI=1S/C32H26N4O3/c37-30-17-31(38)36(29-15-11-27(12-16-29)34-20-24-7-3-4-8-25(24)21-34)32(39)35(30)28-13-9-26(10-14-28)33-18-22-5-1-2-6-23(22)19-33/h1-16H,17-21H2. The molecule has 4 aromatic rings. The maximum absolute atomic E-state index is 13.5. The van der Waals surface area contributed by atoms with Crippen LogP contribution in [0.25, 0.3) is 0 Å². The summed E-state index contributed by atoms with van der Waals surface area (Å²) in [7, 11) is 0. The number of carbonyl (C=O) groups is 3. The molecule has 0 aliphatic carbocycles. The summed E-state index contributed by atoms with van der Waals surface area (Å²) < 4.78 is 0. The highest BCUT2D eigenvalue weighted by Gasteiger charge is 2.40. The molecule has 4 amide bonds. The minimum atomic E-state index is -0.654. The van der Waals surface area contributed by atoms with Crippen molar-refractivity contribution in [3.63, 3.8) is 0 Å². The van der Waals surface area contributed by atoms with Crippen molar-refractivity contribution in [2.24, 2.45) is 0 Å². The molecule has 0 radical (unpaired) electrons. The number of amides is 4. The molecule has 192 valence electrons. The average molecular weight is 515 g/mol. The first-order valence-electron chi connectivity index (χ1n) is 13.1. The Labute approximate surface area is 226 Å². The van der Waals surface area contributed by atoms with E-state index in [0.717, 1.165) is 47.4 Å². The number of anilines is 4. The number of hydrogen-bond acceptors (Lipinski definition) is 5. The summed E-state index contributed by atoms with van der Waals surface area (Å²) in [4.78, 5) is 46.0. The summed E-state index contributed by atoms with van der Waals surface area (Å²) in [6.07, 6.45) is -0.363. The molecular formula is C32H26N4O3. The molecule has 0 N–H and O–H groups in total. The van der Waals surface area contributed by atoms with Gasteiger partial charge in [-0.15, -0.1) is 0 Å². The van der Waals surface area contributed by atoms with Crippen LogP contribution < -0.4 is 19.6 Å².